The molecule has 1 saturated heterocycles. The van der Waals surface area contributed by atoms with Gasteiger partial charge in [0.2, 0.25) is 10.0 Å². The molecule has 1 fully saturated rings. The van der Waals surface area contributed by atoms with Gasteiger partial charge in [0.15, 0.2) is 0 Å². The standard InChI is InChI=1S/C10H22N2O3S/c1-16(13,14)12-6-2-4-10(8-12)9-15-7-3-5-11/h10H,2-9,11H2,1H3. The molecule has 1 rings (SSSR count). The molecule has 0 aliphatic carbocycles. The van der Waals surface area contributed by atoms with Gasteiger partial charge < -0.3 is 10.5 Å². The Bertz CT molecular complexity index is 292. The molecular formula is C10H22N2O3S. The molecule has 5 nitrogen and oxygen atoms in total. The van der Waals surface area contributed by atoms with E-state index in [-0.39, 0.29) is 0 Å². The highest BCUT2D eigenvalue weighted by molar-refractivity contribution is 7.88. The average Bonchev–Trinajstić information content (AvgIpc) is 2.24. The Hall–Kier alpha value is -0.170. The van der Waals surface area contributed by atoms with E-state index in [1.165, 1.54) is 6.26 Å². The molecule has 0 spiro atoms. The lowest BCUT2D eigenvalue weighted by atomic mass is 10.0. The number of hydrogen-bond acceptors (Lipinski definition) is 4. The van der Waals surface area contributed by atoms with Crippen LogP contribution in [-0.2, 0) is 14.8 Å². The van der Waals surface area contributed by atoms with E-state index in [2.05, 4.69) is 0 Å². The Kier molecular flexibility index (Phi) is 5.68. The van der Waals surface area contributed by atoms with Crippen molar-refractivity contribution in [3.05, 3.63) is 0 Å². The fourth-order valence-corrected chi connectivity index (χ4v) is 2.84. The summed E-state index contributed by atoms with van der Waals surface area (Å²) in [5, 5.41) is 0. The van der Waals surface area contributed by atoms with E-state index >= 15 is 0 Å². The largest absolute Gasteiger partial charge is 0.381 e. The van der Waals surface area contributed by atoms with E-state index < -0.39 is 10.0 Å². The van der Waals surface area contributed by atoms with Crippen LogP contribution in [0.15, 0.2) is 0 Å². The summed E-state index contributed by atoms with van der Waals surface area (Å²) in [4.78, 5) is 0. The molecular weight excluding hydrogens is 228 g/mol. The maximum absolute atomic E-state index is 11.4. The lowest BCUT2D eigenvalue weighted by Crippen LogP contribution is -2.40. The summed E-state index contributed by atoms with van der Waals surface area (Å²) in [5.74, 6) is 0.334. The number of piperidine rings is 1. The topological polar surface area (TPSA) is 72.6 Å². The second-order valence-electron chi connectivity index (χ2n) is 4.35. The minimum atomic E-state index is -3.04. The van der Waals surface area contributed by atoms with Crippen molar-refractivity contribution in [3.63, 3.8) is 0 Å². The minimum Gasteiger partial charge on any atom is -0.381 e. The van der Waals surface area contributed by atoms with Crippen LogP contribution in [0.5, 0.6) is 0 Å². The van der Waals surface area contributed by atoms with Crippen LogP contribution in [0.1, 0.15) is 19.3 Å². The van der Waals surface area contributed by atoms with Crippen LogP contribution < -0.4 is 5.73 Å². The summed E-state index contributed by atoms with van der Waals surface area (Å²) in [7, 11) is -3.04. The normalized spacial score (nSPS) is 23.5. The van der Waals surface area contributed by atoms with Crippen LogP contribution in [0.2, 0.25) is 0 Å². The highest BCUT2D eigenvalue weighted by Crippen LogP contribution is 2.18. The monoisotopic (exact) mass is 250 g/mol. The van der Waals surface area contributed by atoms with Crippen LogP contribution in [0.25, 0.3) is 0 Å². The molecule has 0 bridgehead atoms. The van der Waals surface area contributed by atoms with E-state index in [1.54, 1.807) is 4.31 Å². The fraction of sp³-hybridized carbons (Fsp3) is 1.00. The molecule has 1 heterocycles. The second kappa shape index (κ2) is 6.54. The molecule has 0 aromatic heterocycles. The highest BCUT2D eigenvalue weighted by Gasteiger charge is 2.25. The number of hydrogen-bond donors (Lipinski definition) is 1. The van der Waals surface area contributed by atoms with Gasteiger partial charge in [-0.3, -0.25) is 0 Å². The first-order valence-electron chi connectivity index (χ1n) is 5.77. The van der Waals surface area contributed by atoms with Crippen LogP contribution in [0, 0.1) is 5.92 Å². The van der Waals surface area contributed by atoms with Crippen LogP contribution in [-0.4, -0.2) is 51.8 Å². The molecule has 1 aliphatic rings. The maximum atomic E-state index is 11.4. The number of nitrogens with two attached hydrogens (primary N) is 1. The van der Waals surface area contributed by atoms with Crippen LogP contribution in [0.4, 0.5) is 0 Å². The average molecular weight is 250 g/mol. The van der Waals surface area contributed by atoms with Gasteiger partial charge in [0, 0.05) is 19.7 Å². The zero-order valence-corrected chi connectivity index (χ0v) is 10.7. The molecule has 16 heavy (non-hydrogen) atoms. The zero-order chi connectivity index (χ0) is 12.0. The smallest absolute Gasteiger partial charge is 0.211 e. The van der Waals surface area contributed by atoms with Crippen LogP contribution in [0.3, 0.4) is 0 Å². The molecule has 96 valence electrons. The highest BCUT2D eigenvalue weighted by atomic mass is 32.2. The third kappa shape index (κ3) is 4.78. The summed E-state index contributed by atoms with van der Waals surface area (Å²) >= 11 is 0. The second-order valence-corrected chi connectivity index (χ2v) is 6.33. The van der Waals surface area contributed by atoms with Gasteiger partial charge in [0.05, 0.1) is 12.9 Å². The fourth-order valence-electron chi connectivity index (χ4n) is 1.90. The zero-order valence-electron chi connectivity index (χ0n) is 9.89. The predicted molar refractivity (Wildman–Crippen MR) is 63.6 cm³/mol. The van der Waals surface area contributed by atoms with Gasteiger partial charge in [0.1, 0.15) is 0 Å². The van der Waals surface area contributed by atoms with Crippen molar-refractivity contribution >= 4 is 10.0 Å². The van der Waals surface area contributed by atoms with Gasteiger partial charge in [-0.1, -0.05) is 0 Å². The first-order chi connectivity index (χ1) is 7.54. The van der Waals surface area contributed by atoms with E-state index in [0.29, 0.717) is 38.8 Å². The van der Waals surface area contributed by atoms with Crippen molar-refractivity contribution in [1.29, 1.82) is 0 Å². The molecule has 2 N–H and O–H groups in total. The van der Waals surface area contributed by atoms with Gasteiger partial charge in [-0.2, -0.15) is 0 Å². The molecule has 0 radical (unpaired) electrons. The van der Waals surface area contributed by atoms with Crippen molar-refractivity contribution < 1.29 is 13.2 Å². The van der Waals surface area contributed by atoms with E-state index in [9.17, 15) is 8.42 Å². The van der Waals surface area contributed by atoms with Crippen molar-refractivity contribution in [2.24, 2.45) is 11.7 Å². The van der Waals surface area contributed by atoms with Crippen molar-refractivity contribution in [3.8, 4) is 0 Å². The van der Waals surface area contributed by atoms with Crippen LogP contribution >= 0.6 is 0 Å². The number of rotatable bonds is 6. The number of sulfonamides is 1. The molecule has 0 saturated carbocycles. The molecule has 0 amide bonds. The van der Waals surface area contributed by atoms with E-state index in [0.717, 1.165) is 19.3 Å². The van der Waals surface area contributed by atoms with Gasteiger partial charge in [0.25, 0.3) is 0 Å². The van der Waals surface area contributed by atoms with E-state index in [1.807, 2.05) is 0 Å². The predicted octanol–water partition coefficient (Wildman–Crippen LogP) is 0.0234. The summed E-state index contributed by atoms with van der Waals surface area (Å²) in [6.45, 7) is 3.21. The third-order valence-corrected chi connectivity index (χ3v) is 4.07. The maximum Gasteiger partial charge on any atom is 0.211 e. The Morgan fingerprint density at radius 2 is 2.25 bits per heavy atom. The third-order valence-electron chi connectivity index (χ3n) is 2.80. The van der Waals surface area contributed by atoms with Gasteiger partial charge in [-0.15, -0.1) is 0 Å². The Morgan fingerprint density at radius 3 is 2.88 bits per heavy atom. The minimum absolute atomic E-state index is 0.334. The van der Waals surface area contributed by atoms with Crippen molar-refractivity contribution in [1.82, 2.24) is 4.31 Å². The summed E-state index contributed by atoms with van der Waals surface area (Å²) in [6, 6.07) is 0. The van der Waals surface area contributed by atoms with Crippen molar-refractivity contribution in [2.75, 3.05) is 39.1 Å². The molecule has 1 atom stereocenters. The van der Waals surface area contributed by atoms with E-state index in [4.69, 9.17) is 10.5 Å². The lowest BCUT2D eigenvalue weighted by Gasteiger charge is -2.30. The Labute approximate surface area is 98.0 Å². The molecule has 0 aromatic carbocycles. The molecule has 0 aromatic rings. The summed E-state index contributed by atoms with van der Waals surface area (Å²) < 4.78 is 29.8. The van der Waals surface area contributed by atoms with Gasteiger partial charge in [-0.25, -0.2) is 12.7 Å². The first kappa shape index (κ1) is 13.9. The number of ether oxygens (including phenoxy) is 1. The molecule has 6 heteroatoms. The summed E-state index contributed by atoms with van der Waals surface area (Å²) in [5.41, 5.74) is 5.36. The Morgan fingerprint density at radius 1 is 1.50 bits per heavy atom. The van der Waals surface area contributed by atoms with Gasteiger partial charge in [-0.05, 0) is 31.7 Å². The quantitative estimate of drug-likeness (QED) is 0.675. The number of nitrogens with zero attached hydrogens (tertiary/aromatic N) is 1. The van der Waals surface area contributed by atoms with Crippen molar-refractivity contribution in [2.45, 2.75) is 19.3 Å². The SMILES string of the molecule is CS(=O)(=O)N1CCCC(COCCCN)C1. The molecule has 1 unspecified atom stereocenters. The Balaban J connectivity index is 2.28. The molecule has 1 aliphatic heterocycles. The summed E-state index contributed by atoms with van der Waals surface area (Å²) in [6.07, 6.45) is 4.11. The van der Waals surface area contributed by atoms with Gasteiger partial charge >= 0.3 is 0 Å². The lowest BCUT2D eigenvalue weighted by molar-refractivity contribution is 0.0774. The first-order valence-corrected chi connectivity index (χ1v) is 7.62.